The van der Waals surface area contributed by atoms with Crippen molar-refractivity contribution in [1.82, 2.24) is 10.1 Å². The maximum absolute atomic E-state index is 5.14. The van der Waals surface area contributed by atoms with Gasteiger partial charge < -0.3 is 4.52 Å². The predicted octanol–water partition coefficient (Wildman–Crippen LogP) is 2.33. The molecule has 0 atom stereocenters. The monoisotopic (exact) mass is 170 g/mol. The van der Waals surface area contributed by atoms with E-state index < -0.39 is 0 Å². The van der Waals surface area contributed by atoms with E-state index in [1.165, 1.54) is 0 Å². The molecule has 0 amide bonds. The zero-order valence-electron chi connectivity index (χ0n) is 6.77. The molecule has 0 saturated carbocycles. The van der Waals surface area contributed by atoms with E-state index in [2.05, 4.69) is 10.1 Å². The smallest absolute Gasteiger partial charge is 0.192 e. The lowest BCUT2D eigenvalue weighted by Crippen LogP contribution is -1.69. The molecule has 0 fully saturated rings. The average Bonchev–Trinajstić information content (AvgIpc) is 2.72. The van der Waals surface area contributed by atoms with Crippen LogP contribution in [-0.4, -0.2) is 10.1 Å². The molecule has 1 aromatic rings. The molecule has 1 aromatic heterocycles. The van der Waals surface area contributed by atoms with Gasteiger partial charge >= 0.3 is 0 Å². The Bertz CT molecular complexity index is 529. The zero-order valence-corrected chi connectivity index (χ0v) is 6.77. The van der Waals surface area contributed by atoms with Gasteiger partial charge in [0.15, 0.2) is 5.58 Å². The number of aromatic nitrogens is 2. The predicted molar refractivity (Wildman–Crippen MR) is 48.4 cm³/mol. The molecule has 13 heavy (non-hydrogen) atoms. The van der Waals surface area contributed by atoms with Gasteiger partial charge in [0.05, 0.1) is 6.20 Å². The molecule has 0 spiro atoms. The van der Waals surface area contributed by atoms with Crippen LogP contribution >= 0.6 is 0 Å². The average molecular weight is 170 g/mol. The van der Waals surface area contributed by atoms with Crippen molar-refractivity contribution in [2.45, 2.75) is 0 Å². The van der Waals surface area contributed by atoms with Crippen LogP contribution in [0.25, 0.3) is 22.2 Å². The van der Waals surface area contributed by atoms with E-state index in [1.54, 1.807) is 12.4 Å². The Kier molecular flexibility index (Phi) is 1.16. The summed E-state index contributed by atoms with van der Waals surface area (Å²) in [4.78, 5) is 4.23. The van der Waals surface area contributed by atoms with E-state index in [-0.39, 0.29) is 0 Å². The Balaban J connectivity index is 2.58. The topological polar surface area (TPSA) is 38.9 Å². The van der Waals surface area contributed by atoms with Gasteiger partial charge in [0.2, 0.25) is 0 Å². The fourth-order valence-electron chi connectivity index (χ4n) is 1.47. The van der Waals surface area contributed by atoms with Crippen LogP contribution in [0.5, 0.6) is 0 Å². The minimum absolute atomic E-state index is 0.755. The lowest BCUT2D eigenvalue weighted by molar-refractivity contribution is 0.456. The maximum atomic E-state index is 5.14. The molecule has 0 radical (unpaired) electrons. The highest BCUT2D eigenvalue weighted by Gasteiger charge is 2.09. The number of nitrogens with zero attached hydrogens (tertiary/aromatic N) is 2. The van der Waals surface area contributed by atoms with Gasteiger partial charge in [-0.05, 0) is 12.1 Å². The quantitative estimate of drug-likeness (QED) is 0.519. The van der Waals surface area contributed by atoms with Crippen LogP contribution < -0.4 is 0 Å². The molecule has 0 saturated heterocycles. The molecule has 1 aliphatic carbocycles. The lowest BCUT2D eigenvalue weighted by atomic mass is 10.2. The van der Waals surface area contributed by atoms with Gasteiger partial charge in [0.1, 0.15) is 5.69 Å². The molecule has 3 nitrogen and oxygen atoms in total. The van der Waals surface area contributed by atoms with E-state index >= 15 is 0 Å². The minimum atomic E-state index is 0.755. The molecule has 1 aliphatic heterocycles. The highest BCUT2D eigenvalue weighted by Crippen LogP contribution is 2.26. The SMILES string of the molecule is c1cc2ccnc-2c2oncc2c1. The Hall–Kier alpha value is -1.90. The second-order valence-corrected chi connectivity index (χ2v) is 2.88. The molecule has 3 rings (SSSR count). The van der Waals surface area contributed by atoms with Crippen molar-refractivity contribution >= 4 is 11.0 Å². The van der Waals surface area contributed by atoms with E-state index in [1.807, 2.05) is 24.3 Å². The Morgan fingerprint density at radius 2 is 2.15 bits per heavy atom. The van der Waals surface area contributed by atoms with Crippen LogP contribution in [0.3, 0.4) is 0 Å². The van der Waals surface area contributed by atoms with Gasteiger partial charge in [-0.3, -0.25) is 4.98 Å². The minimum Gasteiger partial charge on any atom is -0.354 e. The van der Waals surface area contributed by atoms with Crippen LogP contribution in [-0.2, 0) is 0 Å². The van der Waals surface area contributed by atoms with Crippen molar-refractivity contribution in [3.8, 4) is 11.3 Å². The molecule has 2 aliphatic rings. The number of hydrogen-bond donors (Lipinski definition) is 0. The molecule has 3 heteroatoms. The van der Waals surface area contributed by atoms with Crippen LogP contribution in [0.1, 0.15) is 0 Å². The first-order valence-electron chi connectivity index (χ1n) is 4.03. The fourth-order valence-corrected chi connectivity index (χ4v) is 1.47. The second kappa shape index (κ2) is 2.29. The number of hydrogen-bond acceptors (Lipinski definition) is 3. The van der Waals surface area contributed by atoms with Crippen molar-refractivity contribution in [2.75, 3.05) is 0 Å². The Morgan fingerprint density at radius 1 is 1.15 bits per heavy atom. The third kappa shape index (κ3) is 0.839. The van der Waals surface area contributed by atoms with Gasteiger partial charge in [0.25, 0.3) is 0 Å². The molecule has 0 bridgehead atoms. The van der Waals surface area contributed by atoms with Crippen LogP contribution in [0, 0.1) is 0 Å². The highest BCUT2D eigenvalue weighted by molar-refractivity contribution is 5.89. The lowest BCUT2D eigenvalue weighted by Gasteiger charge is -1.86. The maximum Gasteiger partial charge on any atom is 0.192 e. The highest BCUT2D eigenvalue weighted by atomic mass is 16.5. The summed E-state index contributed by atoms with van der Waals surface area (Å²) in [5.74, 6) is 0. The normalized spacial score (nSPS) is 11.1. The number of rotatable bonds is 0. The Labute approximate surface area is 74.3 Å². The van der Waals surface area contributed by atoms with E-state index in [0.29, 0.717) is 0 Å². The largest absolute Gasteiger partial charge is 0.354 e. The van der Waals surface area contributed by atoms with Crippen molar-refractivity contribution in [2.24, 2.45) is 0 Å². The van der Waals surface area contributed by atoms with E-state index in [4.69, 9.17) is 4.52 Å². The van der Waals surface area contributed by atoms with Crippen LogP contribution in [0.4, 0.5) is 0 Å². The summed E-state index contributed by atoms with van der Waals surface area (Å²) >= 11 is 0. The molecule has 0 N–H and O–H groups in total. The first-order valence-corrected chi connectivity index (χ1v) is 4.03. The Morgan fingerprint density at radius 3 is 3.15 bits per heavy atom. The first-order chi connectivity index (χ1) is 6.45. The summed E-state index contributed by atoms with van der Waals surface area (Å²) < 4.78 is 5.14. The molecule has 62 valence electrons. The van der Waals surface area contributed by atoms with Crippen molar-refractivity contribution in [3.63, 3.8) is 0 Å². The van der Waals surface area contributed by atoms with Gasteiger partial charge in [-0.1, -0.05) is 17.3 Å². The summed E-state index contributed by atoms with van der Waals surface area (Å²) in [6.07, 6.45) is 3.47. The second-order valence-electron chi connectivity index (χ2n) is 2.88. The fraction of sp³-hybridized carbons (Fsp3) is 0. The molecule has 0 aromatic carbocycles. The third-order valence-corrected chi connectivity index (χ3v) is 2.10. The summed E-state index contributed by atoms with van der Waals surface area (Å²) in [6, 6.07) is 7.91. The van der Waals surface area contributed by atoms with Gasteiger partial charge in [0, 0.05) is 17.1 Å². The standard InChI is InChI=1S/C10H6N2O/c1-2-7-4-5-11-9(7)10-8(3-1)6-12-13-10/h1-6H. The third-order valence-electron chi connectivity index (χ3n) is 2.10. The molecular formula is C10H6N2O. The van der Waals surface area contributed by atoms with Crippen LogP contribution in [0.15, 0.2) is 41.2 Å². The molecule has 0 unspecified atom stereocenters. The van der Waals surface area contributed by atoms with Crippen molar-refractivity contribution < 1.29 is 4.52 Å². The first kappa shape index (κ1) is 6.60. The summed E-state index contributed by atoms with van der Waals surface area (Å²) in [6.45, 7) is 0. The van der Waals surface area contributed by atoms with Crippen molar-refractivity contribution in [1.29, 1.82) is 0 Å². The van der Waals surface area contributed by atoms with Crippen LogP contribution in [0.2, 0.25) is 0 Å². The number of fused-ring (bicyclic) bond motifs is 3. The zero-order chi connectivity index (χ0) is 8.67. The van der Waals surface area contributed by atoms with Crippen molar-refractivity contribution in [3.05, 3.63) is 36.7 Å². The summed E-state index contributed by atoms with van der Waals surface area (Å²) in [7, 11) is 0. The van der Waals surface area contributed by atoms with E-state index in [0.717, 1.165) is 22.2 Å². The molecular weight excluding hydrogens is 164 g/mol. The summed E-state index contributed by atoms with van der Waals surface area (Å²) in [5.41, 5.74) is 2.70. The van der Waals surface area contributed by atoms with Gasteiger partial charge in [-0.25, -0.2) is 0 Å². The van der Waals surface area contributed by atoms with E-state index in [9.17, 15) is 0 Å². The summed E-state index contributed by atoms with van der Waals surface area (Å²) in [5, 5.41) is 4.72. The van der Waals surface area contributed by atoms with Gasteiger partial charge in [-0.2, -0.15) is 0 Å². The van der Waals surface area contributed by atoms with Gasteiger partial charge in [-0.15, -0.1) is 0 Å². The molecule has 2 heterocycles.